The van der Waals surface area contributed by atoms with Gasteiger partial charge in [-0.2, -0.15) is 0 Å². The molecule has 0 saturated heterocycles. The average Bonchev–Trinajstić information content (AvgIpc) is 2.44. The number of guanidine groups is 1. The minimum Gasteiger partial charge on any atom is -0.359 e. The van der Waals surface area contributed by atoms with Gasteiger partial charge in [0.25, 0.3) is 0 Å². The van der Waals surface area contributed by atoms with Crippen molar-refractivity contribution >= 4 is 17.8 Å². The molecule has 21 heavy (non-hydrogen) atoms. The van der Waals surface area contributed by atoms with E-state index in [-0.39, 0.29) is 18.4 Å². The number of nitrogens with zero attached hydrogens (tertiary/aromatic N) is 2. The smallest absolute Gasteiger partial charge is 0.243 e. The highest BCUT2D eigenvalue weighted by molar-refractivity contribution is 5.86. The van der Waals surface area contributed by atoms with Crippen LogP contribution in [0.25, 0.3) is 0 Å². The zero-order valence-electron chi connectivity index (χ0n) is 14.0. The Morgan fingerprint density at radius 1 is 1.19 bits per heavy atom. The normalized spacial score (nSPS) is 11.8. The summed E-state index contributed by atoms with van der Waals surface area (Å²) in [6, 6.07) is 0. The van der Waals surface area contributed by atoms with Crippen LogP contribution in [0.3, 0.4) is 0 Å². The number of carbonyl (C=O) groups excluding carboxylic acids is 2. The number of carbonyl (C=O) groups is 2. The van der Waals surface area contributed by atoms with Gasteiger partial charge >= 0.3 is 0 Å². The summed E-state index contributed by atoms with van der Waals surface area (Å²) in [5.74, 6) is 0.427. The molecule has 0 spiro atoms. The van der Waals surface area contributed by atoms with Crippen molar-refractivity contribution in [1.29, 1.82) is 0 Å². The van der Waals surface area contributed by atoms with Crippen LogP contribution in [0.1, 0.15) is 27.2 Å². The van der Waals surface area contributed by atoms with Crippen molar-refractivity contribution < 1.29 is 9.59 Å². The number of amides is 2. The second-order valence-corrected chi connectivity index (χ2v) is 5.70. The molecule has 0 unspecified atom stereocenters. The molecule has 7 heteroatoms. The molecule has 0 aromatic heterocycles. The molecule has 7 nitrogen and oxygen atoms in total. The van der Waals surface area contributed by atoms with E-state index in [0.717, 1.165) is 13.0 Å². The number of aliphatic imine (C=N–C) groups is 1. The zero-order valence-corrected chi connectivity index (χ0v) is 14.0. The van der Waals surface area contributed by atoms with Crippen LogP contribution in [0.2, 0.25) is 0 Å². The van der Waals surface area contributed by atoms with Crippen molar-refractivity contribution in [1.82, 2.24) is 20.9 Å². The van der Waals surface area contributed by atoms with E-state index in [9.17, 15) is 9.59 Å². The van der Waals surface area contributed by atoms with Crippen molar-refractivity contribution in [2.75, 3.05) is 40.8 Å². The molecular weight excluding hydrogens is 270 g/mol. The lowest BCUT2D eigenvalue weighted by atomic mass is 9.92. The van der Waals surface area contributed by atoms with E-state index in [4.69, 9.17) is 0 Å². The SMILES string of the molecule is CCCNC(=NCC(=O)N(C)C)NCC(C)(C)C(=O)NC. The summed E-state index contributed by atoms with van der Waals surface area (Å²) in [6.07, 6.45) is 0.946. The molecule has 0 atom stereocenters. The molecule has 0 aromatic rings. The van der Waals surface area contributed by atoms with Gasteiger partial charge in [0, 0.05) is 34.2 Å². The maximum atomic E-state index is 11.7. The fraction of sp³-hybridized carbons (Fsp3) is 0.786. The topological polar surface area (TPSA) is 85.8 Å². The highest BCUT2D eigenvalue weighted by Crippen LogP contribution is 2.12. The van der Waals surface area contributed by atoms with E-state index in [1.54, 1.807) is 21.1 Å². The van der Waals surface area contributed by atoms with Crippen LogP contribution in [-0.4, -0.2) is 63.5 Å². The van der Waals surface area contributed by atoms with Gasteiger partial charge in [0.2, 0.25) is 11.8 Å². The number of hydrogen-bond donors (Lipinski definition) is 3. The summed E-state index contributed by atoms with van der Waals surface area (Å²) < 4.78 is 0. The molecule has 0 rings (SSSR count). The van der Waals surface area contributed by atoms with Crippen LogP contribution >= 0.6 is 0 Å². The van der Waals surface area contributed by atoms with Crippen LogP contribution in [0, 0.1) is 5.41 Å². The average molecular weight is 299 g/mol. The lowest BCUT2D eigenvalue weighted by molar-refractivity contribution is -0.128. The Morgan fingerprint density at radius 3 is 2.29 bits per heavy atom. The molecule has 0 aliphatic carbocycles. The highest BCUT2D eigenvalue weighted by atomic mass is 16.2. The molecule has 0 aromatic carbocycles. The molecule has 0 aliphatic heterocycles. The quantitative estimate of drug-likeness (QED) is 0.448. The molecule has 3 N–H and O–H groups in total. The van der Waals surface area contributed by atoms with Crippen molar-refractivity contribution in [3.05, 3.63) is 0 Å². The Kier molecular flexibility index (Phi) is 8.42. The van der Waals surface area contributed by atoms with Gasteiger partial charge in [-0.25, -0.2) is 4.99 Å². The van der Waals surface area contributed by atoms with Gasteiger partial charge in [0.15, 0.2) is 5.96 Å². The van der Waals surface area contributed by atoms with Crippen LogP contribution in [0.15, 0.2) is 4.99 Å². The van der Waals surface area contributed by atoms with Crippen LogP contribution in [0.4, 0.5) is 0 Å². The Hall–Kier alpha value is -1.79. The van der Waals surface area contributed by atoms with Gasteiger partial charge in [-0.05, 0) is 20.3 Å². The predicted octanol–water partition coefficient (Wildman–Crippen LogP) is -0.208. The first-order chi connectivity index (χ1) is 9.74. The monoisotopic (exact) mass is 299 g/mol. The predicted molar refractivity (Wildman–Crippen MR) is 85.1 cm³/mol. The van der Waals surface area contributed by atoms with Crippen molar-refractivity contribution in [2.45, 2.75) is 27.2 Å². The first-order valence-corrected chi connectivity index (χ1v) is 7.19. The number of rotatable bonds is 7. The third-order valence-corrected chi connectivity index (χ3v) is 2.95. The maximum Gasteiger partial charge on any atom is 0.243 e. The molecule has 0 heterocycles. The van der Waals surface area contributed by atoms with Crippen molar-refractivity contribution in [2.24, 2.45) is 10.4 Å². The minimum absolute atomic E-state index is 0.0470. The lowest BCUT2D eigenvalue weighted by Crippen LogP contribution is -2.47. The summed E-state index contributed by atoms with van der Waals surface area (Å²) >= 11 is 0. The van der Waals surface area contributed by atoms with E-state index >= 15 is 0 Å². The third-order valence-electron chi connectivity index (χ3n) is 2.95. The first-order valence-electron chi connectivity index (χ1n) is 7.19. The van der Waals surface area contributed by atoms with Crippen LogP contribution in [0.5, 0.6) is 0 Å². The van der Waals surface area contributed by atoms with E-state index in [2.05, 4.69) is 20.9 Å². The molecule has 122 valence electrons. The lowest BCUT2D eigenvalue weighted by Gasteiger charge is -2.24. The molecule has 0 fully saturated rings. The van der Waals surface area contributed by atoms with Gasteiger partial charge in [0.05, 0.1) is 5.41 Å². The third kappa shape index (κ3) is 7.53. The Morgan fingerprint density at radius 2 is 1.81 bits per heavy atom. The van der Waals surface area contributed by atoms with Gasteiger partial charge in [0.1, 0.15) is 6.54 Å². The molecule has 0 aliphatic rings. The molecule has 0 bridgehead atoms. The first kappa shape index (κ1) is 19.2. The summed E-state index contributed by atoms with van der Waals surface area (Å²) in [5, 5.41) is 8.88. The largest absolute Gasteiger partial charge is 0.359 e. The van der Waals surface area contributed by atoms with Gasteiger partial charge in [-0.3, -0.25) is 9.59 Å². The molecular formula is C14H29N5O2. The van der Waals surface area contributed by atoms with Gasteiger partial charge in [-0.1, -0.05) is 6.92 Å². The zero-order chi connectivity index (χ0) is 16.5. The summed E-state index contributed by atoms with van der Waals surface area (Å²) in [7, 11) is 5.00. The standard InChI is InChI=1S/C14H29N5O2/c1-7-8-16-13(17-9-11(20)19(5)6)18-10-14(2,3)12(21)15-4/h7-10H2,1-6H3,(H,15,21)(H2,16,17,18). The summed E-state index contributed by atoms with van der Waals surface area (Å²) in [6.45, 7) is 7.00. The number of nitrogens with one attached hydrogen (secondary N) is 3. The van der Waals surface area contributed by atoms with E-state index < -0.39 is 5.41 Å². The van der Waals surface area contributed by atoms with Gasteiger partial charge in [-0.15, -0.1) is 0 Å². The highest BCUT2D eigenvalue weighted by Gasteiger charge is 2.26. The molecule has 0 saturated carbocycles. The van der Waals surface area contributed by atoms with Crippen LogP contribution < -0.4 is 16.0 Å². The van der Waals surface area contributed by atoms with E-state index in [0.29, 0.717) is 12.5 Å². The van der Waals surface area contributed by atoms with Crippen molar-refractivity contribution in [3.63, 3.8) is 0 Å². The molecule has 2 amide bonds. The Labute approximate surface area is 127 Å². The van der Waals surface area contributed by atoms with E-state index in [1.165, 1.54) is 4.90 Å². The van der Waals surface area contributed by atoms with Gasteiger partial charge < -0.3 is 20.9 Å². The Bertz CT molecular complexity index is 378. The van der Waals surface area contributed by atoms with Crippen molar-refractivity contribution in [3.8, 4) is 0 Å². The van der Waals surface area contributed by atoms with Crippen LogP contribution in [-0.2, 0) is 9.59 Å². The fourth-order valence-electron chi connectivity index (χ4n) is 1.43. The van der Waals surface area contributed by atoms with E-state index in [1.807, 2.05) is 20.8 Å². The fourth-order valence-corrected chi connectivity index (χ4v) is 1.43. The Balaban J connectivity index is 4.66. The second-order valence-electron chi connectivity index (χ2n) is 5.70. The summed E-state index contributed by atoms with van der Waals surface area (Å²) in [5.41, 5.74) is -0.561. The second kappa shape index (κ2) is 9.20. The number of likely N-dealkylation sites (N-methyl/N-ethyl adjacent to an activating group) is 1. The maximum absolute atomic E-state index is 11.7. The minimum atomic E-state index is -0.561. The number of hydrogen-bond acceptors (Lipinski definition) is 3. The summed E-state index contributed by atoms with van der Waals surface area (Å²) in [4.78, 5) is 29.1. The molecule has 0 radical (unpaired) electrons.